The van der Waals surface area contributed by atoms with Crippen molar-refractivity contribution in [1.82, 2.24) is 10.2 Å². The fraction of sp³-hybridized carbons (Fsp3) is 0.400. The summed E-state index contributed by atoms with van der Waals surface area (Å²) in [5.41, 5.74) is 1.94. The van der Waals surface area contributed by atoms with Crippen molar-refractivity contribution in [1.29, 1.82) is 0 Å². The molecule has 3 rings (SSSR count). The average molecular weight is 342 g/mol. The summed E-state index contributed by atoms with van der Waals surface area (Å²) in [6.45, 7) is 4.26. The molecule has 2 aromatic rings. The van der Waals surface area contributed by atoms with Gasteiger partial charge in [0.05, 0.1) is 0 Å². The van der Waals surface area contributed by atoms with E-state index in [0.29, 0.717) is 18.8 Å². The van der Waals surface area contributed by atoms with Crippen molar-refractivity contribution < 1.29 is 14.9 Å². The highest BCUT2D eigenvalue weighted by Gasteiger charge is 2.24. The molecule has 3 N–H and O–H groups in total. The Hall–Kier alpha value is -2.08. The Balaban J connectivity index is 1.70. The van der Waals surface area contributed by atoms with Gasteiger partial charge in [-0.05, 0) is 18.1 Å². The molecule has 1 heterocycles. The van der Waals surface area contributed by atoms with E-state index in [0.717, 1.165) is 37.3 Å². The van der Waals surface area contributed by atoms with Crippen LogP contribution in [0.15, 0.2) is 48.5 Å². The molecule has 25 heavy (non-hydrogen) atoms. The first-order chi connectivity index (χ1) is 12.3. The number of aromatic hydroxyl groups is 1. The Labute approximate surface area is 148 Å². The number of rotatable bonds is 7. The van der Waals surface area contributed by atoms with Crippen LogP contribution in [0.25, 0.3) is 0 Å². The number of piperazine rings is 1. The Morgan fingerprint density at radius 3 is 2.52 bits per heavy atom. The molecular weight excluding hydrogens is 316 g/mol. The van der Waals surface area contributed by atoms with Gasteiger partial charge in [-0.15, -0.1) is 0 Å². The predicted molar refractivity (Wildman–Crippen MR) is 97.8 cm³/mol. The second kappa shape index (κ2) is 8.85. The molecule has 0 spiro atoms. The normalized spacial score (nSPS) is 16.5. The molecule has 0 aromatic heterocycles. The summed E-state index contributed by atoms with van der Waals surface area (Å²) in [5, 5.41) is 23.3. The minimum absolute atomic E-state index is 0.0234. The second-order valence-corrected chi connectivity index (χ2v) is 6.31. The van der Waals surface area contributed by atoms with E-state index in [1.807, 2.05) is 42.5 Å². The number of phenolic OH excluding ortho intramolecular Hbond substituents is 1. The lowest BCUT2D eigenvalue weighted by Crippen LogP contribution is -2.45. The van der Waals surface area contributed by atoms with E-state index in [2.05, 4.69) is 10.2 Å². The van der Waals surface area contributed by atoms with Crippen molar-refractivity contribution in [2.24, 2.45) is 0 Å². The summed E-state index contributed by atoms with van der Waals surface area (Å²) >= 11 is 0. The first-order valence-corrected chi connectivity index (χ1v) is 8.83. The SMILES string of the molecule is OCC[C@@H](c1ccc(OCc2ccccc2)cc1O)N1CCNCC1. The monoisotopic (exact) mass is 342 g/mol. The molecule has 0 amide bonds. The molecule has 0 radical (unpaired) electrons. The number of ether oxygens (including phenoxy) is 1. The van der Waals surface area contributed by atoms with E-state index in [1.54, 1.807) is 6.07 Å². The molecule has 0 saturated carbocycles. The van der Waals surface area contributed by atoms with Crippen LogP contribution in [0, 0.1) is 0 Å². The van der Waals surface area contributed by atoms with Crippen molar-refractivity contribution >= 4 is 0 Å². The summed E-state index contributed by atoms with van der Waals surface area (Å²) in [6, 6.07) is 15.5. The Bertz CT molecular complexity index is 657. The zero-order chi connectivity index (χ0) is 17.5. The predicted octanol–water partition coefficient (Wildman–Crippen LogP) is 2.30. The summed E-state index contributed by atoms with van der Waals surface area (Å²) in [6.07, 6.45) is 0.609. The van der Waals surface area contributed by atoms with Gasteiger partial charge >= 0.3 is 0 Å². The molecule has 1 atom stereocenters. The molecule has 1 aliphatic heterocycles. The molecule has 0 unspecified atom stereocenters. The molecule has 2 aromatic carbocycles. The van der Waals surface area contributed by atoms with Gasteiger partial charge in [-0.2, -0.15) is 0 Å². The maximum absolute atomic E-state index is 10.5. The molecule has 134 valence electrons. The summed E-state index contributed by atoms with van der Waals surface area (Å²) < 4.78 is 5.78. The molecule has 1 aliphatic rings. The van der Waals surface area contributed by atoms with Crippen LogP contribution in [0.3, 0.4) is 0 Å². The van der Waals surface area contributed by atoms with E-state index in [4.69, 9.17) is 4.74 Å². The van der Waals surface area contributed by atoms with Crippen LogP contribution < -0.4 is 10.1 Å². The second-order valence-electron chi connectivity index (χ2n) is 6.31. The van der Waals surface area contributed by atoms with Gasteiger partial charge in [-0.3, -0.25) is 4.90 Å². The van der Waals surface area contributed by atoms with Crippen molar-refractivity contribution in [2.45, 2.75) is 19.1 Å². The maximum atomic E-state index is 10.5. The number of hydrogen-bond acceptors (Lipinski definition) is 5. The van der Waals surface area contributed by atoms with Crippen LogP contribution in [0.1, 0.15) is 23.6 Å². The van der Waals surface area contributed by atoms with Crippen LogP contribution in [-0.4, -0.2) is 47.9 Å². The van der Waals surface area contributed by atoms with E-state index in [-0.39, 0.29) is 18.4 Å². The fourth-order valence-corrected chi connectivity index (χ4v) is 3.29. The molecule has 1 fully saturated rings. The maximum Gasteiger partial charge on any atom is 0.124 e. The van der Waals surface area contributed by atoms with Gasteiger partial charge in [-0.1, -0.05) is 36.4 Å². The van der Waals surface area contributed by atoms with E-state index in [9.17, 15) is 10.2 Å². The Kier molecular flexibility index (Phi) is 6.28. The minimum Gasteiger partial charge on any atom is -0.507 e. The molecule has 0 bridgehead atoms. The summed E-state index contributed by atoms with van der Waals surface area (Å²) in [4.78, 5) is 2.31. The van der Waals surface area contributed by atoms with Crippen molar-refractivity contribution in [3.05, 3.63) is 59.7 Å². The minimum atomic E-state index is 0.0234. The number of phenols is 1. The van der Waals surface area contributed by atoms with Gasteiger partial charge in [0.1, 0.15) is 18.1 Å². The van der Waals surface area contributed by atoms with Gasteiger partial charge in [0.15, 0.2) is 0 Å². The first-order valence-electron chi connectivity index (χ1n) is 8.83. The zero-order valence-corrected chi connectivity index (χ0v) is 14.4. The van der Waals surface area contributed by atoms with Gasteiger partial charge in [-0.25, -0.2) is 0 Å². The molecular formula is C20H26N2O3. The molecule has 0 aliphatic carbocycles. The highest BCUT2D eigenvalue weighted by molar-refractivity contribution is 5.41. The number of benzene rings is 2. The zero-order valence-electron chi connectivity index (χ0n) is 14.4. The van der Waals surface area contributed by atoms with E-state index in [1.165, 1.54) is 0 Å². The number of aliphatic hydroxyl groups excluding tert-OH is 1. The molecule has 1 saturated heterocycles. The lowest BCUT2D eigenvalue weighted by Gasteiger charge is -2.35. The topological polar surface area (TPSA) is 65.0 Å². The number of nitrogens with zero attached hydrogens (tertiary/aromatic N) is 1. The average Bonchev–Trinajstić information content (AvgIpc) is 2.66. The third-order valence-corrected chi connectivity index (χ3v) is 4.60. The van der Waals surface area contributed by atoms with Gasteiger partial charge in [0.25, 0.3) is 0 Å². The third-order valence-electron chi connectivity index (χ3n) is 4.60. The third kappa shape index (κ3) is 4.72. The Morgan fingerprint density at radius 1 is 1.08 bits per heavy atom. The number of nitrogens with one attached hydrogen (secondary N) is 1. The molecule has 5 nitrogen and oxygen atoms in total. The standard InChI is InChI=1S/C20H26N2O3/c23-13-8-19(22-11-9-21-10-12-22)18-7-6-17(14-20(18)24)25-15-16-4-2-1-3-5-16/h1-7,14,19,21,23-24H,8-13,15H2/t19-/m0/s1. The lowest BCUT2D eigenvalue weighted by atomic mass is 10.00. The van der Waals surface area contributed by atoms with Gasteiger partial charge in [0, 0.05) is 50.5 Å². The van der Waals surface area contributed by atoms with Crippen LogP contribution in [-0.2, 0) is 6.61 Å². The number of aliphatic hydroxyl groups is 1. The van der Waals surface area contributed by atoms with Gasteiger partial charge in [0.2, 0.25) is 0 Å². The van der Waals surface area contributed by atoms with Crippen LogP contribution in [0.5, 0.6) is 11.5 Å². The van der Waals surface area contributed by atoms with Gasteiger partial charge < -0.3 is 20.3 Å². The van der Waals surface area contributed by atoms with Crippen LogP contribution in [0.4, 0.5) is 0 Å². The number of hydrogen-bond donors (Lipinski definition) is 3. The van der Waals surface area contributed by atoms with E-state index < -0.39 is 0 Å². The molecule has 5 heteroatoms. The summed E-state index contributed by atoms with van der Waals surface area (Å²) in [5.74, 6) is 0.871. The van der Waals surface area contributed by atoms with Crippen molar-refractivity contribution in [2.75, 3.05) is 32.8 Å². The van der Waals surface area contributed by atoms with Crippen molar-refractivity contribution in [3.63, 3.8) is 0 Å². The quantitative estimate of drug-likeness (QED) is 0.721. The van der Waals surface area contributed by atoms with Crippen LogP contribution >= 0.6 is 0 Å². The van der Waals surface area contributed by atoms with Crippen molar-refractivity contribution in [3.8, 4) is 11.5 Å². The first kappa shape index (κ1) is 17.7. The largest absolute Gasteiger partial charge is 0.507 e. The fourth-order valence-electron chi connectivity index (χ4n) is 3.29. The van der Waals surface area contributed by atoms with E-state index >= 15 is 0 Å². The smallest absolute Gasteiger partial charge is 0.124 e. The summed E-state index contributed by atoms with van der Waals surface area (Å²) in [7, 11) is 0. The Morgan fingerprint density at radius 2 is 1.84 bits per heavy atom. The highest BCUT2D eigenvalue weighted by Crippen LogP contribution is 2.34. The highest BCUT2D eigenvalue weighted by atomic mass is 16.5. The van der Waals surface area contributed by atoms with Crippen LogP contribution in [0.2, 0.25) is 0 Å². The lowest BCUT2D eigenvalue weighted by molar-refractivity contribution is 0.139.